The fourth-order valence-corrected chi connectivity index (χ4v) is 10.9. The van der Waals surface area contributed by atoms with Crippen LogP contribution in [0.3, 0.4) is 0 Å². The van der Waals surface area contributed by atoms with Crippen molar-refractivity contribution in [3.8, 4) is 11.5 Å². The quantitative estimate of drug-likeness (QED) is 0.00662. The number of amides is 2. The number of nitrogens with one attached hydrogen (secondary N) is 4. The average Bonchev–Trinajstić information content (AvgIpc) is 2.93. The molecule has 4 aromatic carbocycles. The number of hydrogen-bond donors (Lipinski definition) is 6. The van der Waals surface area contributed by atoms with E-state index < -0.39 is 54.7 Å². The number of ketones is 2. The van der Waals surface area contributed by atoms with Gasteiger partial charge in [-0.25, -0.2) is 9.97 Å². The third-order valence-corrected chi connectivity index (χ3v) is 15.4. The molecule has 0 aliphatic carbocycles. The van der Waals surface area contributed by atoms with Crippen LogP contribution in [0.1, 0.15) is 51.3 Å². The van der Waals surface area contributed by atoms with Crippen molar-refractivity contribution in [3.63, 3.8) is 0 Å². The van der Waals surface area contributed by atoms with Gasteiger partial charge in [0.25, 0.3) is 11.8 Å². The third-order valence-electron chi connectivity index (χ3n) is 12.0. The van der Waals surface area contributed by atoms with E-state index in [-0.39, 0.29) is 67.2 Å². The summed E-state index contributed by atoms with van der Waals surface area (Å²) in [6.45, 7) is 12.5. The third kappa shape index (κ3) is 19.1. The molecule has 7 aromatic rings. The molecule has 2 amide bonds. The van der Waals surface area contributed by atoms with Gasteiger partial charge in [0.2, 0.25) is 27.2 Å². The summed E-state index contributed by atoms with van der Waals surface area (Å²) < 4.78 is 72.7. The van der Waals surface area contributed by atoms with Gasteiger partial charge in [-0.3, -0.25) is 23.7 Å². The van der Waals surface area contributed by atoms with Gasteiger partial charge in [-0.2, -0.15) is 23.4 Å². The Morgan fingerprint density at radius 3 is 1.53 bits per heavy atom. The van der Waals surface area contributed by atoms with Gasteiger partial charge < -0.3 is 45.6 Å². The molecular formula is C55H59N15O13S5. The molecule has 0 aliphatic rings. The largest absolute Gasteiger partial charge is 0.494 e. The Kier molecular flexibility index (Phi) is 25.0. The molecule has 462 valence electrons. The summed E-state index contributed by atoms with van der Waals surface area (Å²) in [5, 5.41) is 38.8. The van der Waals surface area contributed by atoms with E-state index in [4.69, 9.17) is 27.1 Å². The first-order chi connectivity index (χ1) is 42.1. The molecule has 0 saturated heterocycles. The van der Waals surface area contributed by atoms with Crippen LogP contribution in [0.25, 0.3) is 12.2 Å². The van der Waals surface area contributed by atoms with E-state index in [9.17, 15) is 37.3 Å². The molecular weight excluding hydrogens is 1240 g/mol. The molecule has 3 aromatic heterocycles. The number of nitrogens with zero attached hydrogens (tertiary/aromatic N) is 11. The second kappa shape index (κ2) is 32.5. The predicted octanol–water partition coefficient (Wildman–Crippen LogP) is 10.4. The lowest BCUT2D eigenvalue weighted by molar-refractivity contribution is -0.120. The molecule has 0 atom stereocenters. The van der Waals surface area contributed by atoms with Crippen LogP contribution in [0.2, 0.25) is 0 Å². The number of hydrogen-bond acceptors (Lipinski definition) is 28. The van der Waals surface area contributed by atoms with Crippen LogP contribution in [-0.2, 0) is 39.9 Å². The molecule has 0 fully saturated rings. The van der Waals surface area contributed by atoms with Crippen LogP contribution in [-0.4, -0.2) is 132 Å². The number of aliphatic hydroxyl groups excluding tert-OH is 1. The van der Waals surface area contributed by atoms with Crippen LogP contribution in [0.15, 0.2) is 133 Å². The molecule has 6 N–H and O–H groups in total. The SMILES string of the molecule is CCN(CC)c1cc(Nc2nc(Nc3cc(N(CC)CC)c(OC)cc3N=Nc3nc(S(=O)(=O)O)c(/C=C(/C(C)=O)C(=O)Nc4ccccc4)s3)nc(SCCO)n2)c(N=Nc2ncc(/C=C(\C(C)=O)C(=O)Nc3ccccc3)s2)cc1OC.O=S(=O)=O. The number of aromatic nitrogens is 5. The molecule has 0 unspecified atom stereocenters. The zero-order chi connectivity index (χ0) is 64.1. The highest BCUT2D eigenvalue weighted by molar-refractivity contribution is 7.99. The van der Waals surface area contributed by atoms with E-state index in [0.29, 0.717) is 82.3 Å². The van der Waals surface area contributed by atoms with E-state index in [1.54, 1.807) is 72.8 Å². The molecule has 33 heteroatoms. The van der Waals surface area contributed by atoms with Gasteiger partial charge in [-0.05, 0) is 90.1 Å². The normalized spacial score (nSPS) is 11.6. The number of thioether (sulfide) groups is 1. The maximum atomic E-state index is 13.3. The van der Waals surface area contributed by atoms with Gasteiger partial charge in [-0.1, -0.05) is 70.8 Å². The summed E-state index contributed by atoms with van der Waals surface area (Å²) in [4.78, 5) is 78.8. The standard InChI is InChI=1S/C55H59N15O10S4.O3S/c1-9-69(10-2)43-27-39(41(29-45(43)79-7)65-67-53-56-31-36(82-53)25-37(32(5)72)48(74)57-34-19-15-13-16-20-34)59-51-62-52(64-54(63-51)81-24-23-71)60-40-28-44(70(11-3)12-4)46(80-8)30-42(40)66-68-55-61-50(84(76,77)78)47(83-55)26-38(33(6)73)49(75)58-35-21-17-14-18-22-35;1-4(2)3/h13-22,25-31,71H,9-12,23-24H2,1-8H3,(H,57,74)(H,58,75)(H,76,77,78)(H2,59,60,62,63,64);/b37-25+,38-26-,67-65?,68-66?;. The molecule has 0 bridgehead atoms. The van der Waals surface area contributed by atoms with E-state index in [0.717, 1.165) is 36.1 Å². The van der Waals surface area contributed by atoms with Gasteiger partial charge in [0.05, 0.1) is 64.5 Å². The van der Waals surface area contributed by atoms with Crippen molar-refractivity contribution in [2.45, 2.75) is 51.7 Å². The summed E-state index contributed by atoms with van der Waals surface area (Å²) in [6.07, 6.45) is 3.92. The minimum Gasteiger partial charge on any atom is -0.494 e. The van der Waals surface area contributed by atoms with Crippen molar-refractivity contribution < 1.29 is 59.4 Å². The molecule has 88 heavy (non-hydrogen) atoms. The van der Waals surface area contributed by atoms with E-state index in [2.05, 4.69) is 66.6 Å². The van der Waals surface area contributed by atoms with Crippen LogP contribution in [0.5, 0.6) is 11.5 Å². The Bertz CT molecular complexity index is 4000. The average molecular weight is 1300 g/mol. The van der Waals surface area contributed by atoms with E-state index in [1.165, 1.54) is 33.4 Å². The van der Waals surface area contributed by atoms with Gasteiger partial charge in [-0.15, -0.1) is 33.1 Å². The number of rotatable bonds is 28. The van der Waals surface area contributed by atoms with Crippen molar-refractivity contribution in [1.29, 1.82) is 0 Å². The maximum absolute atomic E-state index is 13.3. The number of para-hydroxylation sites is 2. The Morgan fingerprint density at radius 1 is 0.659 bits per heavy atom. The first kappa shape index (κ1) is 67.9. The van der Waals surface area contributed by atoms with Crippen LogP contribution in [0, 0.1) is 0 Å². The maximum Gasteiger partial charge on any atom is 0.425 e. The highest BCUT2D eigenvalue weighted by Gasteiger charge is 2.26. The Hall–Kier alpha value is -9.25. The molecule has 0 aliphatic heterocycles. The molecule has 0 radical (unpaired) electrons. The number of methoxy groups -OCH3 is 2. The van der Waals surface area contributed by atoms with Gasteiger partial charge >= 0.3 is 20.7 Å². The number of carbonyl (C=O) groups is 4. The second-order valence-corrected chi connectivity index (χ2v) is 22.5. The number of azo groups is 2. The first-order valence-corrected chi connectivity index (χ1v) is 31.4. The fourth-order valence-electron chi connectivity index (χ4n) is 7.92. The lowest BCUT2D eigenvalue weighted by Gasteiger charge is -2.25. The summed E-state index contributed by atoms with van der Waals surface area (Å²) >= 11 is 2.87. The summed E-state index contributed by atoms with van der Waals surface area (Å²) in [5.41, 5.74) is 2.77. The fraction of sp³-hybridized carbons (Fsp3) is 0.255. The number of Topliss-reactive ketones (excluding diaryl/α,β-unsaturated/α-hetero) is 2. The summed E-state index contributed by atoms with van der Waals surface area (Å²) in [5.74, 6) is -1.47. The predicted molar refractivity (Wildman–Crippen MR) is 337 cm³/mol. The Balaban J connectivity index is 0.00000299. The second-order valence-electron chi connectivity index (χ2n) is 17.7. The van der Waals surface area contributed by atoms with Gasteiger partial charge in [0.15, 0.2) is 16.7 Å². The smallest absolute Gasteiger partial charge is 0.425 e. The molecule has 7 rings (SSSR count). The first-order valence-electron chi connectivity index (χ1n) is 26.3. The van der Waals surface area contributed by atoms with Crippen molar-refractivity contribution in [2.75, 3.05) is 83.8 Å². The number of carbonyl (C=O) groups excluding carboxylic acids is 4. The molecule has 28 nitrogen and oxygen atoms in total. The number of benzene rings is 4. The number of anilines is 8. The topological polar surface area (TPSA) is 381 Å². The van der Waals surface area contributed by atoms with Crippen LogP contribution in [0.4, 0.5) is 67.7 Å². The van der Waals surface area contributed by atoms with Crippen molar-refractivity contribution >= 4 is 158 Å². The van der Waals surface area contributed by atoms with Crippen LogP contribution < -0.4 is 40.5 Å². The molecule has 0 saturated carbocycles. The number of aliphatic hydroxyl groups is 1. The van der Waals surface area contributed by atoms with Crippen molar-refractivity contribution in [2.24, 2.45) is 20.5 Å². The van der Waals surface area contributed by atoms with Gasteiger partial charge in [0, 0.05) is 61.6 Å². The molecule has 3 heterocycles. The zero-order valence-electron chi connectivity index (χ0n) is 48.4. The summed E-state index contributed by atoms with van der Waals surface area (Å²) in [7, 11) is -5.13. The Labute approximate surface area is 519 Å². The van der Waals surface area contributed by atoms with E-state index >= 15 is 0 Å². The van der Waals surface area contributed by atoms with Gasteiger partial charge in [0.1, 0.15) is 22.9 Å². The highest BCUT2D eigenvalue weighted by atomic mass is 32.2. The van der Waals surface area contributed by atoms with Crippen molar-refractivity contribution in [1.82, 2.24) is 24.9 Å². The molecule has 0 spiro atoms. The lowest BCUT2D eigenvalue weighted by Crippen LogP contribution is -2.22. The van der Waals surface area contributed by atoms with Crippen LogP contribution >= 0.6 is 34.4 Å². The highest BCUT2D eigenvalue weighted by Crippen LogP contribution is 2.43. The number of ether oxygens (including phenoxy) is 2. The lowest BCUT2D eigenvalue weighted by atomic mass is 10.1. The van der Waals surface area contributed by atoms with E-state index in [1.807, 2.05) is 44.7 Å². The number of thiazole rings is 2. The van der Waals surface area contributed by atoms with Crippen molar-refractivity contribution in [3.05, 3.63) is 112 Å². The summed E-state index contributed by atoms with van der Waals surface area (Å²) in [6, 6.07) is 23.9. The zero-order valence-corrected chi connectivity index (χ0v) is 52.5. The Morgan fingerprint density at radius 2 is 1.11 bits per heavy atom. The minimum absolute atomic E-state index is 0.00710. The monoisotopic (exact) mass is 1300 g/mol. The minimum atomic E-state index is -5.04.